The van der Waals surface area contributed by atoms with Crippen molar-refractivity contribution in [2.75, 3.05) is 4.72 Å². The molecule has 0 atom stereocenters. The number of amides is 1. The quantitative estimate of drug-likeness (QED) is 0.391. The minimum Gasteiger partial charge on any atom is -0.280 e. The van der Waals surface area contributed by atoms with E-state index in [1.807, 2.05) is 36.4 Å². The second-order valence-electron chi connectivity index (χ2n) is 6.57. The molecule has 3 aromatic carbocycles. The highest BCUT2D eigenvalue weighted by Gasteiger charge is 2.14. The molecule has 0 spiro atoms. The number of halogens is 1. The van der Waals surface area contributed by atoms with Gasteiger partial charge in [-0.3, -0.25) is 9.52 Å². The van der Waals surface area contributed by atoms with Gasteiger partial charge in [-0.15, -0.1) is 0 Å². The maximum absolute atomic E-state index is 12.4. The van der Waals surface area contributed by atoms with E-state index in [0.717, 1.165) is 5.56 Å². The van der Waals surface area contributed by atoms with Crippen LogP contribution in [0.2, 0.25) is 5.02 Å². The Bertz CT molecular complexity index is 1210. The van der Waals surface area contributed by atoms with Crippen LogP contribution in [-0.4, -0.2) is 20.0 Å². The summed E-state index contributed by atoms with van der Waals surface area (Å²) >= 11 is 5.79. The number of carbonyl (C=O) groups is 1. The molecule has 1 amide bonds. The van der Waals surface area contributed by atoms with Gasteiger partial charge >= 0.3 is 0 Å². The van der Waals surface area contributed by atoms with Crippen molar-refractivity contribution in [3.63, 3.8) is 0 Å². The molecule has 0 aliphatic rings. The van der Waals surface area contributed by atoms with Crippen LogP contribution in [0, 0.1) is 0 Å². The molecule has 0 bridgehead atoms. The van der Waals surface area contributed by atoms with Gasteiger partial charge in [0.1, 0.15) is 0 Å². The standard InChI is InChI=1S/C23H20ClN3O3S/c1-17(7-8-18-5-3-2-4-6-18)25-26-23(28)19-9-13-21(14-10-19)27-31(29,30)22-15-11-20(24)12-16-22/h2-16,27H,1H3,(H,26,28)/b8-7+,25-17-. The number of benzene rings is 3. The van der Waals surface area contributed by atoms with Crippen LogP contribution >= 0.6 is 11.6 Å². The van der Waals surface area contributed by atoms with Crippen molar-refractivity contribution in [1.29, 1.82) is 0 Å². The summed E-state index contributed by atoms with van der Waals surface area (Å²) in [5, 5.41) is 4.50. The van der Waals surface area contributed by atoms with Crippen LogP contribution in [0.15, 0.2) is 94.9 Å². The van der Waals surface area contributed by atoms with Crippen LogP contribution < -0.4 is 10.1 Å². The van der Waals surface area contributed by atoms with E-state index in [9.17, 15) is 13.2 Å². The highest BCUT2D eigenvalue weighted by Crippen LogP contribution is 2.18. The molecule has 158 valence electrons. The molecule has 0 saturated carbocycles. The van der Waals surface area contributed by atoms with Gasteiger partial charge in [-0.1, -0.05) is 48.0 Å². The van der Waals surface area contributed by atoms with Gasteiger partial charge in [-0.25, -0.2) is 13.8 Å². The van der Waals surface area contributed by atoms with Gasteiger partial charge in [0.15, 0.2) is 0 Å². The highest BCUT2D eigenvalue weighted by atomic mass is 35.5. The normalized spacial score (nSPS) is 12.0. The van der Waals surface area contributed by atoms with Crippen molar-refractivity contribution in [1.82, 2.24) is 5.43 Å². The number of rotatable bonds is 7. The lowest BCUT2D eigenvalue weighted by atomic mass is 10.2. The van der Waals surface area contributed by atoms with E-state index in [0.29, 0.717) is 22.0 Å². The van der Waals surface area contributed by atoms with Crippen LogP contribution in [0.1, 0.15) is 22.8 Å². The second kappa shape index (κ2) is 10.1. The highest BCUT2D eigenvalue weighted by molar-refractivity contribution is 7.92. The summed E-state index contributed by atoms with van der Waals surface area (Å²) in [4.78, 5) is 12.4. The third-order valence-corrected chi connectivity index (χ3v) is 5.82. The first-order chi connectivity index (χ1) is 14.8. The van der Waals surface area contributed by atoms with Crippen molar-refractivity contribution >= 4 is 45.0 Å². The monoisotopic (exact) mass is 453 g/mol. The molecular formula is C23H20ClN3O3S. The first-order valence-corrected chi connectivity index (χ1v) is 11.2. The summed E-state index contributed by atoms with van der Waals surface area (Å²) in [5.74, 6) is -0.403. The smallest absolute Gasteiger partial charge is 0.271 e. The molecule has 6 nitrogen and oxygen atoms in total. The van der Waals surface area contributed by atoms with E-state index in [2.05, 4.69) is 15.2 Å². The fraction of sp³-hybridized carbons (Fsp3) is 0.0435. The van der Waals surface area contributed by atoms with Crippen LogP contribution in [-0.2, 0) is 10.0 Å². The molecule has 3 aromatic rings. The number of allylic oxidation sites excluding steroid dienone is 1. The van der Waals surface area contributed by atoms with Gasteiger partial charge in [-0.2, -0.15) is 5.10 Å². The van der Waals surface area contributed by atoms with Crippen molar-refractivity contribution in [2.24, 2.45) is 5.10 Å². The molecule has 0 aromatic heterocycles. The molecule has 0 fully saturated rings. The van der Waals surface area contributed by atoms with Gasteiger partial charge in [0.05, 0.1) is 10.6 Å². The first-order valence-electron chi connectivity index (χ1n) is 9.30. The molecule has 0 unspecified atom stereocenters. The average molecular weight is 454 g/mol. The van der Waals surface area contributed by atoms with Crippen molar-refractivity contribution in [3.05, 3.63) is 101 Å². The summed E-state index contributed by atoms with van der Waals surface area (Å²) in [6.45, 7) is 1.77. The average Bonchev–Trinajstić information content (AvgIpc) is 2.77. The molecule has 3 rings (SSSR count). The Morgan fingerprint density at radius 3 is 2.23 bits per heavy atom. The van der Waals surface area contributed by atoms with E-state index in [4.69, 9.17) is 11.6 Å². The van der Waals surface area contributed by atoms with Crippen LogP contribution in [0.3, 0.4) is 0 Å². The van der Waals surface area contributed by atoms with Gasteiger partial charge < -0.3 is 0 Å². The number of carbonyl (C=O) groups excluding carboxylic acids is 1. The summed E-state index contributed by atoms with van der Waals surface area (Å²) in [7, 11) is -3.75. The van der Waals surface area contributed by atoms with E-state index in [1.165, 1.54) is 48.5 Å². The third kappa shape index (κ3) is 6.53. The van der Waals surface area contributed by atoms with E-state index >= 15 is 0 Å². The lowest BCUT2D eigenvalue weighted by Gasteiger charge is -2.09. The Morgan fingerprint density at radius 2 is 1.58 bits per heavy atom. The van der Waals surface area contributed by atoms with Gasteiger partial charge in [0.25, 0.3) is 15.9 Å². The summed E-state index contributed by atoms with van der Waals surface area (Å²) in [6, 6.07) is 21.6. The lowest BCUT2D eigenvalue weighted by Crippen LogP contribution is -2.19. The number of hydrogen-bond acceptors (Lipinski definition) is 4. The molecule has 2 N–H and O–H groups in total. The number of hydrogen-bond donors (Lipinski definition) is 2. The van der Waals surface area contributed by atoms with E-state index in [-0.39, 0.29) is 4.90 Å². The predicted octanol–water partition coefficient (Wildman–Crippen LogP) is 4.96. The number of anilines is 1. The molecular weight excluding hydrogens is 434 g/mol. The predicted molar refractivity (Wildman–Crippen MR) is 125 cm³/mol. The Labute approximate surface area is 186 Å². The molecule has 8 heteroatoms. The molecule has 0 aliphatic heterocycles. The van der Waals surface area contributed by atoms with Crippen molar-refractivity contribution in [3.8, 4) is 0 Å². The third-order valence-electron chi connectivity index (χ3n) is 4.17. The maximum atomic E-state index is 12.4. The van der Waals surface area contributed by atoms with E-state index < -0.39 is 15.9 Å². The van der Waals surface area contributed by atoms with Gasteiger partial charge in [0, 0.05) is 16.3 Å². The molecule has 0 radical (unpaired) electrons. The first kappa shape index (κ1) is 22.3. The second-order valence-corrected chi connectivity index (χ2v) is 8.69. The minimum atomic E-state index is -3.75. The Kier molecular flexibility index (Phi) is 7.23. The summed E-state index contributed by atoms with van der Waals surface area (Å²) in [6.07, 6.45) is 3.69. The van der Waals surface area contributed by atoms with Gasteiger partial charge in [-0.05, 0) is 67.1 Å². The minimum absolute atomic E-state index is 0.0899. The SMILES string of the molecule is CC(/C=C/c1ccccc1)=N/NC(=O)c1ccc(NS(=O)(=O)c2ccc(Cl)cc2)cc1. The number of sulfonamides is 1. The molecule has 0 heterocycles. The summed E-state index contributed by atoms with van der Waals surface area (Å²) < 4.78 is 27.3. The van der Waals surface area contributed by atoms with Crippen molar-refractivity contribution in [2.45, 2.75) is 11.8 Å². The fourth-order valence-electron chi connectivity index (χ4n) is 2.54. The van der Waals surface area contributed by atoms with Crippen LogP contribution in [0.25, 0.3) is 6.08 Å². The lowest BCUT2D eigenvalue weighted by molar-refractivity contribution is 0.0955. The number of nitrogens with zero attached hydrogens (tertiary/aromatic N) is 1. The molecule has 0 saturated heterocycles. The fourth-order valence-corrected chi connectivity index (χ4v) is 3.72. The largest absolute Gasteiger partial charge is 0.280 e. The Morgan fingerprint density at radius 1 is 0.935 bits per heavy atom. The number of nitrogens with one attached hydrogen (secondary N) is 2. The molecule has 31 heavy (non-hydrogen) atoms. The van der Waals surface area contributed by atoms with Crippen LogP contribution in [0.4, 0.5) is 5.69 Å². The zero-order chi connectivity index (χ0) is 22.3. The zero-order valence-corrected chi connectivity index (χ0v) is 18.2. The van der Waals surface area contributed by atoms with E-state index in [1.54, 1.807) is 13.0 Å². The Balaban J connectivity index is 1.61. The summed E-state index contributed by atoms with van der Waals surface area (Å²) in [5.41, 5.74) is 4.81. The van der Waals surface area contributed by atoms with Crippen LogP contribution in [0.5, 0.6) is 0 Å². The van der Waals surface area contributed by atoms with Crippen molar-refractivity contribution < 1.29 is 13.2 Å². The Hall–Kier alpha value is -3.42. The number of hydrazone groups is 1. The molecule has 0 aliphatic carbocycles. The zero-order valence-electron chi connectivity index (χ0n) is 16.6. The topological polar surface area (TPSA) is 87.6 Å². The van der Waals surface area contributed by atoms with Gasteiger partial charge in [0.2, 0.25) is 0 Å². The maximum Gasteiger partial charge on any atom is 0.271 e.